The van der Waals surface area contributed by atoms with Crippen molar-refractivity contribution in [1.82, 2.24) is 20.1 Å². The van der Waals surface area contributed by atoms with Gasteiger partial charge in [0, 0.05) is 31.7 Å². The van der Waals surface area contributed by atoms with Gasteiger partial charge >= 0.3 is 6.03 Å². The molecule has 0 unspecified atom stereocenters. The topological polar surface area (TPSA) is 95.0 Å². The number of carbonyl (C=O) groups excluding carboxylic acids is 2. The van der Waals surface area contributed by atoms with Crippen LogP contribution in [0.15, 0.2) is 18.3 Å². The first-order valence-electron chi connectivity index (χ1n) is 12.7. The molecule has 2 aliphatic carbocycles. The lowest BCUT2D eigenvalue weighted by Crippen LogP contribution is -2.52. The second-order valence-electron chi connectivity index (χ2n) is 10.1. The van der Waals surface area contributed by atoms with E-state index in [1.807, 2.05) is 19.9 Å². The number of aromatic nitrogens is 1. The largest absolute Gasteiger partial charge is 0.472 e. The summed E-state index contributed by atoms with van der Waals surface area (Å²) in [6.45, 7) is 4.54. The molecule has 0 radical (unpaired) electrons. The van der Waals surface area contributed by atoms with Crippen molar-refractivity contribution in [3.63, 3.8) is 0 Å². The molecular formula is C26H38N4O4. The highest BCUT2D eigenvalue weighted by atomic mass is 16.5. The van der Waals surface area contributed by atoms with Gasteiger partial charge < -0.3 is 25.0 Å². The zero-order valence-electron chi connectivity index (χ0n) is 20.6. The molecular weight excluding hydrogens is 432 g/mol. The maximum Gasteiger partial charge on any atom is 0.317 e. The highest BCUT2D eigenvalue weighted by Crippen LogP contribution is 2.32. The summed E-state index contributed by atoms with van der Waals surface area (Å²) in [5.74, 6) is 0.0533. The van der Waals surface area contributed by atoms with Crippen LogP contribution in [0.3, 0.4) is 0 Å². The van der Waals surface area contributed by atoms with Crippen LogP contribution in [0.5, 0.6) is 5.88 Å². The van der Waals surface area contributed by atoms with Gasteiger partial charge in [-0.1, -0.05) is 25.8 Å². The van der Waals surface area contributed by atoms with Crippen molar-refractivity contribution in [2.24, 2.45) is 5.92 Å². The molecule has 1 fully saturated rings. The van der Waals surface area contributed by atoms with Gasteiger partial charge in [-0.05, 0) is 56.2 Å². The molecule has 2 heterocycles. The quantitative estimate of drug-likeness (QED) is 0.664. The summed E-state index contributed by atoms with van der Waals surface area (Å²) < 4.78 is 6.33. The van der Waals surface area contributed by atoms with Gasteiger partial charge in [-0.2, -0.15) is 0 Å². The summed E-state index contributed by atoms with van der Waals surface area (Å²) in [6.07, 6.45) is 11.1. The Morgan fingerprint density at radius 1 is 1.35 bits per heavy atom. The van der Waals surface area contributed by atoms with E-state index in [1.165, 1.54) is 5.57 Å². The highest BCUT2D eigenvalue weighted by molar-refractivity contribution is 5.97. The fourth-order valence-electron chi connectivity index (χ4n) is 5.14. The third kappa shape index (κ3) is 5.37. The number of aliphatic hydroxyl groups is 1. The van der Waals surface area contributed by atoms with Crippen molar-refractivity contribution in [2.75, 3.05) is 26.7 Å². The molecule has 34 heavy (non-hydrogen) atoms. The maximum absolute atomic E-state index is 13.5. The minimum Gasteiger partial charge on any atom is -0.472 e. The van der Waals surface area contributed by atoms with Crippen molar-refractivity contribution in [3.05, 3.63) is 29.5 Å². The van der Waals surface area contributed by atoms with E-state index in [0.29, 0.717) is 24.5 Å². The number of pyridine rings is 1. The number of carbonyl (C=O) groups is 2. The monoisotopic (exact) mass is 470 g/mol. The number of fused-ring (bicyclic) bond motifs is 1. The molecule has 4 rings (SSSR count). The van der Waals surface area contributed by atoms with Crippen molar-refractivity contribution in [1.29, 1.82) is 0 Å². The number of amides is 3. The minimum atomic E-state index is -0.344. The van der Waals surface area contributed by atoms with Gasteiger partial charge in [0.2, 0.25) is 5.88 Å². The molecule has 3 amide bonds. The van der Waals surface area contributed by atoms with E-state index in [1.54, 1.807) is 23.0 Å². The Hall–Kier alpha value is -2.61. The molecule has 0 saturated heterocycles. The van der Waals surface area contributed by atoms with Gasteiger partial charge in [0.15, 0.2) is 0 Å². The number of nitrogens with one attached hydrogen (secondary N) is 1. The zero-order valence-corrected chi connectivity index (χ0v) is 20.6. The van der Waals surface area contributed by atoms with E-state index >= 15 is 0 Å². The molecule has 186 valence electrons. The third-order valence-electron chi connectivity index (χ3n) is 7.42. The number of likely N-dealkylation sites (N-methyl/N-ethyl adjacent to an activating group) is 1. The van der Waals surface area contributed by atoms with Crippen LogP contribution < -0.4 is 10.1 Å². The Labute approximate surface area is 202 Å². The lowest BCUT2D eigenvalue weighted by atomic mass is 9.99. The summed E-state index contributed by atoms with van der Waals surface area (Å²) in [7, 11) is 1.78. The van der Waals surface area contributed by atoms with Gasteiger partial charge in [0.05, 0.1) is 19.2 Å². The molecule has 0 bridgehead atoms. The van der Waals surface area contributed by atoms with Crippen molar-refractivity contribution >= 4 is 17.5 Å². The maximum atomic E-state index is 13.5. The fourth-order valence-corrected chi connectivity index (χ4v) is 5.14. The highest BCUT2D eigenvalue weighted by Gasteiger charge is 2.35. The Bertz CT molecular complexity index is 927. The summed E-state index contributed by atoms with van der Waals surface area (Å²) in [5.41, 5.74) is 2.57. The molecule has 0 aromatic carbocycles. The molecule has 3 aliphatic rings. The van der Waals surface area contributed by atoms with E-state index < -0.39 is 0 Å². The Kier molecular flexibility index (Phi) is 7.76. The van der Waals surface area contributed by atoms with Gasteiger partial charge in [-0.15, -0.1) is 0 Å². The van der Waals surface area contributed by atoms with Crippen LogP contribution in [-0.4, -0.2) is 76.8 Å². The second kappa shape index (κ2) is 10.8. The normalized spacial score (nSPS) is 24.1. The molecule has 0 spiro atoms. The SMILES string of the molecule is C[C@@H]1CN([C@@H](C)CO)C(=O)c2cc(C3=CCCC3)cnc2O[C@H]1CN(C)C(=O)NC1CCCC1. The summed E-state index contributed by atoms with van der Waals surface area (Å²) in [6, 6.07) is 1.69. The zero-order chi connectivity index (χ0) is 24.2. The molecule has 8 nitrogen and oxygen atoms in total. The number of urea groups is 1. The molecule has 8 heteroatoms. The summed E-state index contributed by atoms with van der Waals surface area (Å²) >= 11 is 0. The number of hydrogen-bond donors (Lipinski definition) is 2. The number of nitrogens with zero attached hydrogens (tertiary/aromatic N) is 3. The lowest BCUT2D eigenvalue weighted by molar-refractivity contribution is 0.0351. The number of hydrogen-bond acceptors (Lipinski definition) is 5. The molecule has 1 aliphatic heterocycles. The number of ether oxygens (including phenoxy) is 1. The number of allylic oxidation sites excluding steroid dienone is 2. The van der Waals surface area contributed by atoms with E-state index in [9.17, 15) is 14.7 Å². The predicted molar refractivity (Wildman–Crippen MR) is 131 cm³/mol. The van der Waals surface area contributed by atoms with Crippen LogP contribution in [0.4, 0.5) is 4.79 Å². The van der Waals surface area contributed by atoms with Crippen LogP contribution in [-0.2, 0) is 0 Å². The van der Waals surface area contributed by atoms with Crippen molar-refractivity contribution < 1.29 is 19.4 Å². The molecule has 1 aromatic rings. The smallest absolute Gasteiger partial charge is 0.317 e. The van der Waals surface area contributed by atoms with E-state index in [-0.39, 0.29) is 42.7 Å². The lowest BCUT2D eigenvalue weighted by Gasteiger charge is -2.37. The first kappa shape index (κ1) is 24.5. The molecule has 2 N–H and O–H groups in total. The van der Waals surface area contributed by atoms with E-state index in [0.717, 1.165) is 50.5 Å². The van der Waals surface area contributed by atoms with Crippen molar-refractivity contribution in [3.8, 4) is 5.88 Å². The first-order chi connectivity index (χ1) is 16.4. The minimum absolute atomic E-state index is 0.0631. The first-order valence-corrected chi connectivity index (χ1v) is 12.7. The number of aliphatic hydroxyl groups excluding tert-OH is 1. The number of rotatable bonds is 6. The average molecular weight is 471 g/mol. The Morgan fingerprint density at radius 2 is 2.12 bits per heavy atom. The van der Waals surface area contributed by atoms with Crippen molar-refractivity contribution in [2.45, 2.75) is 77.0 Å². The van der Waals surface area contributed by atoms with Crippen LogP contribution in [0.2, 0.25) is 0 Å². The molecule has 1 saturated carbocycles. The molecule has 1 aromatic heterocycles. The van der Waals surface area contributed by atoms with E-state index in [4.69, 9.17) is 4.74 Å². The molecule has 3 atom stereocenters. The Balaban J connectivity index is 1.58. The van der Waals surface area contributed by atoms with Crippen LogP contribution in [0.25, 0.3) is 5.57 Å². The summed E-state index contributed by atoms with van der Waals surface area (Å²) in [5, 5.41) is 13.0. The Morgan fingerprint density at radius 3 is 2.79 bits per heavy atom. The van der Waals surface area contributed by atoms with Crippen LogP contribution in [0, 0.1) is 5.92 Å². The predicted octanol–water partition coefficient (Wildman–Crippen LogP) is 3.45. The standard InChI is InChI=1S/C26H38N4O4/c1-17-14-30(18(2)16-31)25(32)22-12-20(19-8-4-5-9-19)13-27-24(22)34-23(17)15-29(3)26(33)28-21-10-6-7-11-21/h8,12-13,17-18,21,23,31H,4-7,9-11,14-16H2,1-3H3,(H,28,33)/t17-,18+,23+/m1/s1. The summed E-state index contributed by atoms with van der Waals surface area (Å²) in [4.78, 5) is 34.3. The fraction of sp³-hybridized carbons (Fsp3) is 0.654. The van der Waals surface area contributed by atoms with E-state index in [2.05, 4.69) is 16.4 Å². The van der Waals surface area contributed by atoms with Gasteiger partial charge in [-0.3, -0.25) is 4.79 Å². The van der Waals surface area contributed by atoms with Gasteiger partial charge in [-0.25, -0.2) is 9.78 Å². The average Bonchev–Trinajstić information content (AvgIpc) is 3.55. The van der Waals surface area contributed by atoms with Crippen LogP contribution >= 0.6 is 0 Å². The van der Waals surface area contributed by atoms with Gasteiger partial charge in [0.1, 0.15) is 11.7 Å². The van der Waals surface area contributed by atoms with Crippen LogP contribution in [0.1, 0.15) is 74.7 Å². The van der Waals surface area contributed by atoms with Gasteiger partial charge in [0.25, 0.3) is 5.91 Å². The third-order valence-corrected chi connectivity index (χ3v) is 7.42. The second-order valence-corrected chi connectivity index (χ2v) is 10.1.